The van der Waals surface area contributed by atoms with Crippen LogP contribution in [0.2, 0.25) is 0 Å². The molecule has 4 rings (SSSR count). The Bertz CT molecular complexity index is 1390. The van der Waals surface area contributed by atoms with Crippen LogP contribution in [-0.4, -0.2) is 86.8 Å². The van der Waals surface area contributed by atoms with Crippen molar-refractivity contribution in [3.63, 3.8) is 0 Å². The van der Waals surface area contributed by atoms with Gasteiger partial charge in [-0.15, -0.1) is 18.3 Å². The van der Waals surface area contributed by atoms with Gasteiger partial charge in [0.2, 0.25) is 16.3 Å². The second-order valence-corrected chi connectivity index (χ2v) is 14.3. The van der Waals surface area contributed by atoms with Crippen molar-refractivity contribution in [3.05, 3.63) is 84.4 Å². The molecule has 45 heavy (non-hydrogen) atoms. The Hall–Kier alpha value is -2.61. The third-order valence-corrected chi connectivity index (χ3v) is 9.41. The van der Waals surface area contributed by atoms with Gasteiger partial charge >= 0.3 is 11.9 Å². The van der Waals surface area contributed by atoms with Crippen LogP contribution < -0.4 is 5.32 Å². The summed E-state index contributed by atoms with van der Waals surface area (Å²) in [6.45, 7) is 2.80. The smallest absolute Gasteiger partial charge is 0.347 e. The number of carbonyl (C=O) groups is 4. The van der Waals surface area contributed by atoms with E-state index in [2.05, 4.69) is 33.0 Å². The number of nitrogens with zero attached hydrogens (tertiary/aromatic N) is 2. The van der Waals surface area contributed by atoms with Crippen LogP contribution in [0.25, 0.3) is 0 Å². The van der Waals surface area contributed by atoms with Gasteiger partial charge in [0.25, 0.3) is 0 Å². The number of alkyl halides is 4. The van der Waals surface area contributed by atoms with Gasteiger partial charge in [-0.3, -0.25) is 19.7 Å². The number of amides is 1. The number of thioether (sulfide) groups is 1. The van der Waals surface area contributed by atoms with Gasteiger partial charge in [-0.05, 0) is 11.1 Å². The maximum absolute atomic E-state index is 13.7. The molecule has 2 unspecified atom stereocenters. The highest BCUT2D eigenvalue weighted by atomic mass is 79.9. The van der Waals surface area contributed by atoms with Gasteiger partial charge in [-0.1, -0.05) is 123 Å². The lowest BCUT2D eigenvalue weighted by molar-refractivity contribution is -0.162. The summed E-state index contributed by atoms with van der Waals surface area (Å²) in [7, 11) is 0. The average molecular weight is 762 g/mol. The number of fused-ring (bicyclic) bond motifs is 1. The van der Waals surface area contributed by atoms with Crippen molar-refractivity contribution in [1.82, 2.24) is 10.2 Å². The Morgan fingerprint density at radius 1 is 1.13 bits per heavy atom. The Balaban J connectivity index is 1.37. The first-order valence-electron chi connectivity index (χ1n) is 13.6. The molecule has 0 bridgehead atoms. The average Bonchev–Trinajstić information content (AvgIpc) is 3.05. The number of oxime groups is 1. The molecule has 1 amide bonds. The van der Waals surface area contributed by atoms with Gasteiger partial charge in [0.05, 0.1) is 5.33 Å². The fourth-order valence-corrected chi connectivity index (χ4v) is 6.67. The molecular formula is C30H29BrCl3N3O7S. The molecule has 0 radical (unpaired) electrons. The molecule has 0 spiro atoms. The molecule has 0 aliphatic carbocycles. The van der Waals surface area contributed by atoms with Gasteiger partial charge in [-0.2, -0.15) is 0 Å². The lowest BCUT2D eigenvalue weighted by Crippen LogP contribution is -2.73. The minimum absolute atomic E-state index is 0.0509. The van der Waals surface area contributed by atoms with E-state index in [0.29, 0.717) is 5.75 Å². The third-order valence-electron chi connectivity index (χ3n) is 7.02. The summed E-state index contributed by atoms with van der Waals surface area (Å²) in [6.07, 6.45) is 0.915. The van der Waals surface area contributed by atoms with Gasteiger partial charge in [-0.25, -0.2) is 4.79 Å². The lowest BCUT2D eigenvalue weighted by atomic mass is 9.87. The van der Waals surface area contributed by atoms with E-state index >= 15 is 0 Å². The first-order valence-corrected chi connectivity index (χ1v) is 16.9. The van der Waals surface area contributed by atoms with Gasteiger partial charge < -0.3 is 19.2 Å². The highest BCUT2D eigenvalue weighted by Gasteiger charge is 2.56. The summed E-state index contributed by atoms with van der Waals surface area (Å²) in [4.78, 5) is 57.7. The van der Waals surface area contributed by atoms with Crippen LogP contribution in [0.4, 0.5) is 0 Å². The van der Waals surface area contributed by atoms with E-state index in [4.69, 9.17) is 49.1 Å². The fraction of sp³-hybridized carbons (Fsp3) is 0.367. The maximum atomic E-state index is 13.7. The Labute approximate surface area is 287 Å². The van der Waals surface area contributed by atoms with Gasteiger partial charge in [0.15, 0.2) is 11.9 Å². The quantitative estimate of drug-likeness (QED) is 0.0735. The zero-order chi connectivity index (χ0) is 32.6. The standard InChI is InChI=1S/C30H29BrCl3N3O7S/c1-2-29(28(41)44-25(19-9-5-3-6-10-19)20-11-7-4-8-12-20)16-37-26(40)24(27(37)45-18-29)35-14-21(22(38)13-31)36-43-15-23(39)42-17-30(32,33)34/h2-12,24-25,27,35H,1,13-18H2/t24?,27-,29?/m1/s1. The second-order valence-electron chi connectivity index (χ2n) is 10.1. The van der Waals surface area contributed by atoms with Crippen LogP contribution >= 0.6 is 62.5 Å². The van der Waals surface area contributed by atoms with Crippen molar-refractivity contribution in [3.8, 4) is 0 Å². The number of nitrogens with one attached hydrogen (secondary N) is 1. The Kier molecular flexibility index (Phi) is 12.4. The number of rotatable bonds is 14. The fourth-order valence-electron chi connectivity index (χ4n) is 4.62. The molecule has 3 atom stereocenters. The lowest BCUT2D eigenvalue weighted by Gasteiger charge is -2.53. The van der Waals surface area contributed by atoms with Crippen molar-refractivity contribution in [2.75, 3.05) is 37.4 Å². The molecule has 2 aromatic rings. The molecule has 240 valence electrons. The third kappa shape index (κ3) is 9.02. The summed E-state index contributed by atoms with van der Waals surface area (Å²) < 4.78 is 9.10. The molecular weight excluding hydrogens is 733 g/mol. The number of hydrogen-bond donors (Lipinski definition) is 1. The molecule has 2 aromatic carbocycles. The van der Waals surface area contributed by atoms with Crippen molar-refractivity contribution in [2.45, 2.75) is 21.3 Å². The summed E-state index contributed by atoms with van der Waals surface area (Å²) in [5.74, 6) is -1.67. The van der Waals surface area contributed by atoms with Crippen LogP contribution in [0.15, 0.2) is 78.5 Å². The number of esters is 2. The number of β-lactam (4-membered cyclic amide) rings is 1. The summed E-state index contributed by atoms with van der Waals surface area (Å²) in [6, 6.07) is 18.2. The molecule has 0 aromatic heterocycles. The van der Waals surface area contributed by atoms with E-state index in [1.165, 1.54) is 11.8 Å². The Morgan fingerprint density at radius 3 is 2.31 bits per heavy atom. The summed E-state index contributed by atoms with van der Waals surface area (Å²) in [5, 5.41) is 6.43. The minimum atomic E-state index is -1.78. The van der Waals surface area contributed by atoms with Crippen molar-refractivity contribution in [1.29, 1.82) is 0 Å². The van der Waals surface area contributed by atoms with Crippen molar-refractivity contribution in [2.24, 2.45) is 10.6 Å². The minimum Gasteiger partial charge on any atom is -0.459 e. The molecule has 10 nitrogen and oxygen atoms in total. The highest BCUT2D eigenvalue weighted by Crippen LogP contribution is 2.44. The number of halogens is 4. The molecule has 1 N–H and O–H groups in total. The van der Waals surface area contributed by atoms with Crippen LogP contribution in [0.5, 0.6) is 0 Å². The highest BCUT2D eigenvalue weighted by molar-refractivity contribution is 9.09. The van der Waals surface area contributed by atoms with Crippen LogP contribution in [0, 0.1) is 5.41 Å². The van der Waals surface area contributed by atoms with Crippen LogP contribution in [0.1, 0.15) is 17.2 Å². The zero-order valence-electron chi connectivity index (χ0n) is 23.7. The summed E-state index contributed by atoms with van der Waals surface area (Å²) >= 11 is 21.1. The number of benzene rings is 2. The van der Waals surface area contributed by atoms with Crippen LogP contribution in [-0.2, 0) is 33.5 Å². The number of hydrogen-bond acceptors (Lipinski definition) is 10. The molecule has 2 saturated heterocycles. The monoisotopic (exact) mass is 759 g/mol. The largest absolute Gasteiger partial charge is 0.459 e. The number of ether oxygens (including phenoxy) is 2. The number of ketones is 1. The Morgan fingerprint density at radius 2 is 1.76 bits per heavy atom. The van der Waals surface area contributed by atoms with E-state index in [1.807, 2.05) is 60.7 Å². The molecule has 0 saturated carbocycles. The van der Waals surface area contributed by atoms with Gasteiger partial charge in [0.1, 0.15) is 29.1 Å². The SMILES string of the molecule is C=CC1(C(=O)OC(c2ccccc2)c2ccccc2)CS[C@@H]2C(NCC(=NOCC(=O)OCC(Cl)(Cl)Cl)C(=O)CBr)C(=O)N2C1. The first-order chi connectivity index (χ1) is 21.5. The van der Waals surface area contributed by atoms with E-state index in [0.717, 1.165) is 11.1 Å². The normalized spacial score (nSPS) is 21.4. The molecule has 15 heteroatoms. The number of Topliss-reactive ketones (excluding diaryl/α,β-unsaturated/α-hetero) is 1. The van der Waals surface area contributed by atoms with E-state index < -0.39 is 52.3 Å². The van der Waals surface area contributed by atoms with Gasteiger partial charge in [0, 0.05) is 18.8 Å². The predicted octanol–water partition coefficient (Wildman–Crippen LogP) is 4.61. The topological polar surface area (TPSA) is 124 Å². The molecule has 2 heterocycles. The van der Waals surface area contributed by atoms with Crippen molar-refractivity contribution >= 4 is 91.8 Å². The molecule has 2 aliphatic rings. The predicted molar refractivity (Wildman–Crippen MR) is 177 cm³/mol. The number of carbonyl (C=O) groups excluding carboxylic acids is 4. The molecule has 2 fully saturated rings. The van der Waals surface area contributed by atoms with Crippen molar-refractivity contribution < 1.29 is 33.5 Å². The second kappa shape index (κ2) is 15.8. The van der Waals surface area contributed by atoms with Crippen LogP contribution in [0.3, 0.4) is 0 Å². The van der Waals surface area contributed by atoms with E-state index in [-0.39, 0.29) is 35.4 Å². The van der Waals surface area contributed by atoms with E-state index in [1.54, 1.807) is 11.0 Å². The first kappa shape index (κ1) is 35.2. The zero-order valence-corrected chi connectivity index (χ0v) is 28.4. The van der Waals surface area contributed by atoms with E-state index in [9.17, 15) is 19.2 Å². The summed E-state index contributed by atoms with van der Waals surface area (Å²) in [5.41, 5.74) is 0.466. The molecule has 2 aliphatic heterocycles. The maximum Gasteiger partial charge on any atom is 0.347 e.